The quantitative estimate of drug-likeness (QED) is 0.774. The number of hydrogen-bond acceptors (Lipinski definition) is 3. The second kappa shape index (κ2) is 4.84. The smallest absolute Gasteiger partial charge is 0.327 e. The molecule has 0 aliphatic carbocycles. The summed E-state index contributed by atoms with van der Waals surface area (Å²) in [6.45, 7) is 0. The molecule has 82 valence electrons. The fraction of sp³-hybridized carbons (Fsp3) is 0.300. The zero-order valence-corrected chi connectivity index (χ0v) is 8.38. The Morgan fingerprint density at radius 3 is 2.67 bits per heavy atom. The van der Waals surface area contributed by atoms with E-state index in [2.05, 4.69) is 10.1 Å². The fourth-order valence-corrected chi connectivity index (χ4v) is 1.26. The molecular weight excluding hydrogens is 204 g/mol. The van der Waals surface area contributed by atoms with Crippen molar-refractivity contribution < 1.29 is 18.3 Å². The molecular formula is C10H11F2NO2. The van der Waals surface area contributed by atoms with Gasteiger partial charge in [0.2, 0.25) is 0 Å². The summed E-state index contributed by atoms with van der Waals surface area (Å²) in [4.78, 5) is 11.2. The van der Waals surface area contributed by atoms with Gasteiger partial charge in [0.1, 0.15) is 6.04 Å². The number of carbonyl (C=O) groups excluding carboxylic acids is 1. The van der Waals surface area contributed by atoms with Crippen LogP contribution in [0.1, 0.15) is 11.6 Å². The van der Waals surface area contributed by atoms with Crippen molar-refractivity contribution in [2.75, 3.05) is 14.2 Å². The van der Waals surface area contributed by atoms with Gasteiger partial charge in [-0.25, -0.2) is 13.6 Å². The summed E-state index contributed by atoms with van der Waals surface area (Å²) in [5, 5.41) is 2.56. The molecule has 0 aromatic heterocycles. The van der Waals surface area contributed by atoms with Crippen LogP contribution >= 0.6 is 0 Å². The van der Waals surface area contributed by atoms with Gasteiger partial charge < -0.3 is 10.1 Å². The van der Waals surface area contributed by atoms with Crippen LogP contribution in [0, 0.1) is 11.6 Å². The molecule has 0 amide bonds. The lowest BCUT2D eigenvalue weighted by molar-refractivity contribution is -0.143. The lowest BCUT2D eigenvalue weighted by Gasteiger charge is -2.14. The third-order valence-electron chi connectivity index (χ3n) is 2.02. The van der Waals surface area contributed by atoms with Crippen molar-refractivity contribution >= 4 is 5.97 Å². The number of methoxy groups -OCH3 is 1. The van der Waals surface area contributed by atoms with Crippen LogP contribution in [0.25, 0.3) is 0 Å². The molecule has 0 aliphatic heterocycles. The molecule has 0 fully saturated rings. The number of ether oxygens (including phenoxy) is 1. The van der Waals surface area contributed by atoms with Gasteiger partial charge in [0, 0.05) is 5.56 Å². The van der Waals surface area contributed by atoms with Crippen LogP contribution in [0.2, 0.25) is 0 Å². The molecule has 1 rings (SSSR count). The van der Waals surface area contributed by atoms with E-state index in [1.807, 2.05) is 0 Å². The molecule has 1 aromatic carbocycles. The predicted molar refractivity (Wildman–Crippen MR) is 50.2 cm³/mol. The number of benzene rings is 1. The van der Waals surface area contributed by atoms with Crippen LogP contribution in [0.15, 0.2) is 18.2 Å². The molecule has 15 heavy (non-hydrogen) atoms. The van der Waals surface area contributed by atoms with Crippen molar-refractivity contribution in [3.63, 3.8) is 0 Å². The molecule has 1 atom stereocenters. The van der Waals surface area contributed by atoms with Gasteiger partial charge in [-0.1, -0.05) is 12.1 Å². The molecule has 3 nitrogen and oxygen atoms in total. The van der Waals surface area contributed by atoms with E-state index >= 15 is 0 Å². The Kier molecular flexibility index (Phi) is 3.74. The maximum absolute atomic E-state index is 13.3. The Morgan fingerprint density at radius 2 is 2.13 bits per heavy atom. The number of carbonyl (C=O) groups is 1. The number of esters is 1. The third-order valence-corrected chi connectivity index (χ3v) is 2.02. The average Bonchev–Trinajstić information content (AvgIpc) is 2.24. The summed E-state index contributed by atoms with van der Waals surface area (Å²) in [5.74, 6) is -2.69. The summed E-state index contributed by atoms with van der Waals surface area (Å²) in [6.07, 6.45) is 0. The minimum atomic E-state index is -1.04. The molecule has 0 aliphatic rings. The van der Waals surface area contributed by atoms with Crippen molar-refractivity contribution in [2.45, 2.75) is 6.04 Å². The van der Waals surface area contributed by atoms with Crippen molar-refractivity contribution in [3.05, 3.63) is 35.4 Å². The lowest BCUT2D eigenvalue weighted by Crippen LogP contribution is -2.27. The molecule has 0 radical (unpaired) electrons. The van der Waals surface area contributed by atoms with Crippen molar-refractivity contribution in [3.8, 4) is 0 Å². The zero-order valence-electron chi connectivity index (χ0n) is 8.38. The molecule has 0 bridgehead atoms. The van der Waals surface area contributed by atoms with Crippen molar-refractivity contribution in [1.29, 1.82) is 0 Å². The number of likely N-dealkylation sites (N-methyl/N-ethyl adjacent to an activating group) is 1. The zero-order chi connectivity index (χ0) is 11.4. The number of rotatable bonds is 3. The van der Waals surface area contributed by atoms with E-state index in [4.69, 9.17) is 0 Å². The van der Waals surface area contributed by atoms with E-state index in [-0.39, 0.29) is 5.56 Å². The maximum Gasteiger partial charge on any atom is 0.327 e. The van der Waals surface area contributed by atoms with Gasteiger partial charge in [0.05, 0.1) is 7.11 Å². The number of hydrogen-bond donors (Lipinski definition) is 1. The van der Waals surface area contributed by atoms with E-state index in [0.717, 1.165) is 6.07 Å². The van der Waals surface area contributed by atoms with E-state index in [0.29, 0.717) is 0 Å². The normalized spacial score (nSPS) is 12.3. The van der Waals surface area contributed by atoms with Gasteiger partial charge >= 0.3 is 5.97 Å². The molecule has 1 N–H and O–H groups in total. The van der Waals surface area contributed by atoms with Gasteiger partial charge in [-0.15, -0.1) is 0 Å². The number of halogens is 2. The van der Waals surface area contributed by atoms with Gasteiger partial charge in [-0.2, -0.15) is 0 Å². The first-order valence-corrected chi connectivity index (χ1v) is 4.30. The molecule has 1 unspecified atom stereocenters. The summed E-state index contributed by atoms with van der Waals surface area (Å²) < 4.78 is 30.7. The highest BCUT2D eigenvalue weighted by atomic mass is 19.2. The van der Waals surface area contributed by atoms with Gasteiger partial charge in [0.15, 0.2) is 11.6 Å². The van der Waals surface area contributed by atoms with E-state index in [1.165, 1.54) is 26.3 Å². The molecule has 0 spiro atoms. The maximum atomic E-state index is 13.3. The van der Waals surface area contributed by atoms with Gasteiger partial charge in [0.25, 0.3) is 0 Å². The largest absolute Gasteiger partial charge is 0.468 e. The lowest BCUT2D eigenvalue weighted by atomic mass is 10.1. The van der Waals surface area contributed by atoms with Crippen LogP contribution in [0.4, 0.5) is 8.78 Å². The average molecular weight is 215 g/mol. The molecule has 1 aromatic rings. The van der Waals surface area contributed by atoms with Crippen molar-refractivity contribution in [2.24, 2.45) is 0 Å². The van der Waals surface area contributed by atoms with Crippen LogP contribution < -0.4 is 5.32 Å². The second-order valence-electron chi connectivity index (χ2n) is 2.89. The summed E-state index contributed by atoms with van der Waals surface area (Å²) in [7, 11) is 2.65. The fourth-order valence-electron chi connectivity index (χ4n) is 1.26. The highest BCUT2D eigenvalue weighted by Gasteiger charge is 2.23. The summed E-state index contributed by atoms with van der Waals surface area (Å²) in [5.41, 5.74) is -0.0654. The molecule has 0 saturated carbocycles. The summed E-state index contributed by atoms with van der Waals surface area (Å²) >= 11 is 0. The number of nitrogens with one attached hydrogen (secondary N) is 1. The van der Waals surface area contributed by atoms with E-state index in [9.17, 15) is 13.6 Å². The highest BCUT2D eigenvalue weighted by molar-refractivity contribution is 5.77. The molecule has 5 heteroatoms. The second-order valence-corrected chi connectivity index (χ2v) is 2.89. The minimum absolute atomic E-state index is 0.0654. The predicted octanol–water partition coefficient (Wildman–Crippen LogP) is 1.40. The first kappa shape index (κ1) is 11.6. The summed E-state index contributed by atoms with van der Waals surface area (Å²) in [6, 6.07) is 2.66. The monoisotopic (exact) mass is 215 g/mol. The standard InChI is InChI=1S/C10H11F2NO2/c1-13-9(10(14)15-2)6-4-3-5-7(11)8(6)12/h3-5,9,13H,1-2H3. The van der Waals surface area contributed by atoms with Gasteiger partial charge in [-0.3, -0.25) is 0 Å². The Bertz CT molecular complexity index is 368. The highest BCUT2D eigenvalue weighted by Crippen LogP contribution is 2.19. The first-order valence-electron chi connectivity index (χ1n) is 4.30. The Labute approximate surface area is 86.0 Å². The van der Waals surface area contributed by atoms with Crippen LogP contribution in [0.3, 0.4) is 0 Å². The SMILES string of the molecule is CNC(C(=O)OC)c1cccc(F)c1F. The molecule has 0 heterocycles. The van der Waals surface area contributed by atoms with Gasteiger partial charge in [-0.05, 0) is 13.1 Å². The van der Waals surface area contributed by atoms with Crippen LogP contribution in [0.5, 0.6) is 0 Å². The van der Waals surface area contributed by atoms with Crippen LogP contribution in [-0.2, 0) is 9.53 Å². The first-order chi connectivity index (χ1) is 7.11. The third kappa shape index (κ3) is 2.30. The molecule has 0 saturated heterocycles. The van der Waals surface area contributed by atoms with E-state index in [1.54, 1.807) is 0 Å². The Balaban J connectivity index is 3.12. The Morgan fingerprint density at radius 1 is 1.47 bits per heavy atom. The van der Waals surface area contributed by atoms with E-state index < -0.39 is 23.6 Å². The minimum Gasteiger partial charge on any atom is -0.468 e. The topological polar surface area (TPSA) is 38.3 Å². The Hall–Kier alpha value is -1.49. The van der Waals surface area contributed by atoms with Crippen LogP contribution in [-0.4, -0.2) is 20.1 Å². The van der Waals surface area contributed by atoms with Crippen molar-refractivity contribution in [1.82, 2.24) is 5.32 Å².